The van der Waals surface area contributed by atoms with Crippen molar-refractivity contribution in [2.24, 2.45) is 5.41 Å². The summed E-state index contributed by atoms with van der Waals surface area (Å²) in [6.45, 7) is 14.6. The van der Waals surface area contributed by atoms with E-state index in [-0.39, 0.29) is 16.2 Å². The summed E-state index contributed by atoms with van der Waals surface area (Å²) in [5, 5.41) is -0.120. The van der Waals surface area contributed by atoms with Crippen molar-refractivity contribution in [3.8, 4) is 0 Å². The van der Waals surface area contributed by atoms with Gasteiger partial charge in [-0.3, -0.25) is 0 Å². The van der Waals surface area contributed by atoms with Gasteiger partial charge in [-0.25, -0.2) is 0 Å². The van der Waals surface area contributed by atoms with Crippen molar-refractivity contribution < 1.29 is 0 Å². The third-order valence-corrected chi connectivity index (χ3v) is 5.93. The zero-order chi connectivity index (χ0) is 15.9. The first kappa shape index (κ1) is 16.4. The van der Waals surface area contributed by atoms with Crippen molar-refractivity contribution in [2.45, 2.75) is 52.4 Å². The van der Waals surface area contributed by atoms with E-state index < -0.39 is 0 Å². The molecule has 0 aliphatic carbocycles. The zero-order valence-corrected chi connectivity index (χ0v) is 15.4. The average Bonchev–Trinajstić information content (AvgIpc) is 2.87. The first-order valence-corrected chi connectivity index (χ1v) is 8.21. The van der Waals surface area contributed by atoms with Crippen LogP contribution in [0, 0.1) is 5.41 Å². The molecule has 0 radical (unpaired) electrons. The molecule has 0 saturated carbocycles. The Hall–Kier alpha value is -1.01. The summed E-state index contributed by atoms with van der Waals surface area (Å²) in [6.07, 6.45) is 4.45. The topological polar surface area (TPSA) is 6.48 Å². The zero-order valence-electron chi connectivity index (χ0n) is 14.2. The van der Waals surface area contributed by atoms with Crippen LogP contribution in [0.25, 0.3) is 0 Å². The summed E-state index contributed by atoms with van der Waals surface area (Å²) in [5.41, 5.74) is 1.57. The van der Waals surface area contributed by atoms with Crippen LogP contribution in [0.5, 0.6) is 0 Å². The molecule has 1 heterocycles. The van der Waals surface area contributed by atoms with Crippen LogP contribution in [-0.4, -0.2) is 22.0 Å². The maximum absolute atomic E-state index is 3.13. The minimum absolute atomic E-state index is 0.0945. The summed E-state index contributed by atoms with van der Waals surface area (Å²) in [7, 11) is 3.13. The van der Waals surface area contributed by atoms with Crippen LogP contribution in [0.15, 0.2) is 42.7 Å². The number of hydrogen-bond acceptors (Lipinski definition) is 2. The van der Waals surface area contributed by atoms with Crippen LogP contribution >= 0.6 is 9.24 Å². The molecule has 1 aliphatic rings. The lowest BCUT2D eigenvalue weighted by Crippen LogP contribution is -2.50. The van der Waals surface area contributed by atoms with Gasteiger partial charge in [0, 0.05) is 17.9 Å². The van der Waals surface area contributed by atoms with Gasteiger partial charge >= 0.3 is 0 Å². The second kappa shape index (κ2) is 5.32. The Morgan fingerprint density at radius 1 is 0.857 bits per heavy atom. The largest absolute Gasteiger partial charge is 0.354 e. The average molecular weight is 304 g/mol. The summed E-state index contributed by atoms with van der Waals surface area (Å²) in [4.78, 5) is 4.83. The number of nitrogens with zero attached hydrogens (tertiary/aromatic N) is 2. The number of benzene rings is 1. The van der Waals surface area contributed by atoms with Gasteiger partial charge in [0.15, 0.2) is 0 Å². The lowest BCUT2D eigenvalue weighted by molar-refractivity contribution is 0.0648. The molecule has 3 heteroatoms. The third-order valence-electron chi connectivity index (χ3n) is 4.40. The van der Waals surface area contributed by atoms with Gasteiger partial charge in [-0.2, -0.15) is 0 Å². The molecule has 116 valence electrons. The van der Waals surface area contributed by atoms with E-state index in [0.29, 0.717) is 0 Å². The van der Waals surface area contributed by atoms with Gasteiger partial charge in [0.05, 0.1) is 11.9 Å². The van der Waals surface area contributed by atoms with Gasteiger partial charge in [0.1, 0.15) is 0 Å². The molecule has 0 fully saturated rings. The molecule has 0 saturated heterocycles. The molecule has 0 bridgehead atoms. The molecular formula is C18H29N2P. The molecular weight excluding hydrogens is 275 g/mol. The van der Waals surface area contributed by atoms with Gasteiger partial charge in [-0.1, -0.05) is 51.1 Å². The van der Waals surface area contributed by atoms with E-state index in [1.165, 1.54) is 5.56 Å². The molecule has 0 N–H and O–H groups in total. The fraction of sp³-hybridized carbons (Fsp3) is 0.556. The molecule has 2 unspecified atom stereocenters. The third kappa shape index (κ3) is 2.97. The number of hydrogen-bond donors (Lipinski definition) is 0. The van der Waals surface area contributed by atoms with Crippen LogP contribution in [0.4, 0.5) is 0 Å². The van der Waals surface area contributed by atoms with E-state index in [9.17, 15) is 0 Å². The van der Waals surface area contributed by atoms with Crippen molar-refractivity contribution in [3.05, 3.63) is 48.3 Å². The van der Waals surface area contributed by atoms with Gasteiger partial charge in [-0.05, 0) is 31.7 Å². The second-order valence-electron chi connectivity index (χ2n) is 7.93. The summed E-state index contributed by atoms with van der Waals surface area (Å²) in [6, 6.07) is 10.8. The second-order valence-corrected chi connectivity index (χ2v) is 8.77. The minimum atomic E-state index is -0.120. The number of rotatable bonds is 2. The fourth-order valence-corrected chi connectivity index (χ4v) is 3.17. The van der Waals surface area contributed by atoms with Gasteiger partial charge in [0.25, 0.3) is 0 Å². The monoisotopic (exact) mass is 304 g/mol. The SMILES string of the molecule is CC(C)(C)N1C=CN(C(P)(c2ccccc2)C(C)(C)C)C1. The van der Waals surface area contributed by atoms with Crippen molar-refractivity contribution in [2.75, 3.05) is 6.67 Å². The Morgan fingerprint density at radius 3 is 1.81 bits per heavy atom. The summed E-state index contributed by atoms with van der Waals surface area (Å²) in [5.74, 6) is 0. The van der Waals surface area contributed by atoms with Crippen molar-refractivity contribution in [1.82, 2.24) is 9.80 Å². The molecule has 0 spiro atoms. The van der Waals surface area contributed by atoms with Crippen LogP contribution in [0.3, 0.4) is 0 Å². The van der Waals surface area contributed by atoms with Gasteiger partial charge in [0.2, 0.25) is 0 Å². The fourth-order valence-electron chi connectivity index (χ4n) is 2.81. The van der Waals surface area contributed by atoms with E-state index in [1.807, 2.05) is 0 Å². The predicted octanol–water partition coefficient (Wildman–Crippen LogP) is 4.61. The van der Waals surface area contributed by atoms with E-state index in [4.69, 9.17) is 0 Å². The van der Waals surface area contributed by atoms with E-state index in [1.54, 1.807) is 0 Å². The minimum Gasteiger partial charge on any atom is -0.354 e. The first-order chi connectivity index (χ1) is 9.57. The van der Waals surface area contributed by atoms with Crippen LogP contribution in [0.1, 0.15) is 47.1 Å². The standard InChI is InChI=1S/C18H29N2P/c1-16(2,3)18(21,15-10-8-7-9-11-15)20-13-12-19(14-20)17(4,5)6/h7-13H,14,21H2,1-6H3. The van der Waals surface area contributed by atoms with Crippen molar-refractivity contribution in [3.63, 3.8) is 0 Å². The van der Waals surface area contributed by atoms with Crippen molar-refractivity contribution in [1.29, 1.82) is 0 Å². The first-order valence-electron chi connectivity index (χ1n) is 7.63. The molecule has 1 aromatic rings. The van der Waals surface area contributed by atoms with Crippen LogP contribution in [-0.2, 0) is 5.28 Å². The smallest absolute Gasteiger partial charge is 0.0910 e. The lowest BCUT2D eigenvalue weighted by atomic mass is 9.80. The highest BCUT2D eigenvalue weighted by Gasteiger charge is 2.45. The van der Waals surface area contributed by atoms with Crippen LogP contribution in [0.2, 0.25) is 0 Å². The molecule has 0 amide bonds. The van der Waals surface area contributed by atoms with Crippen molar-refractivity contribution >= 4 is 9.24 Å². The predicted molar refractivity (Wildman–Crippen MR) is 94.7 cm³/mol. The van der Waals surface area contributed by atoms with E-state index >= 15 is 0 Å². The van der Waals surface area contributed by atoms with Crippen LogP contribution < -0.4 is 0 Å². The quantitative estimate of drug-likeness (QED) is 0.736. The molecule has 0 aromatic heterocycles. The Kier molecular flexibility index (Phi) is 4.14. The van der Waals surface area contributed by atoms with E-state index in [0.717, 1.165) is 6.67 Å². The maximum Gasteiger partial charge on any atom is 0.0910 e. The molecule has 2 nitrogen and oxygen atoms in total. The molecule has 21 heavy (non-hydrogen) atoms. The molecule has 1 aromatic carbocycles. The highest BCUT2D eigenvalue weighted by molar-refractivity contribution is 7.18. The Morgan fingerprint density at radius 2 is 1.38 bits per heavy atom. The lowest BCUT2D eigenvalue weighted by Gasteiger charge is -2.50. The molecule has 2 atom stereocenters. The highest BCUT2D eigenvalue weighted by atomic mass is 31.0. The van der Waals surface area contributed by atoms with Gasteiger partial charge in [-0.15, -0.1) is 9.24 Å². The molecule has 1 aliphatic heterocycles. The maximum atomic E-state index is 3.13. The normalized spacial score (nSPS) is 19.0. The Labute approximate surface area is 132 Å². The van der Waals surface area contributed by atoms with E-state index in [2.05, 4.69) is 103 Å². The summed E-state index contributed by atoms with van der Waals surface area (Å²) >= 11 is 0. The highest BCUT2D eigenvalue weighted by Crippen LogP contribution is 2.51. The Bertz CT molecular complexity index is 510. The van der Waals surface area contributed by atoms with Gasteiger partial charge < -0.3 is 9.80 Å². The summed E-state index contributed by atoms with van der Waals surface area (Å²) < 4.78 is 0. The molecule has 2 rings (SSSR count). The Balaban J connectivity index is 2.39.